The van der Waals surface area contributed by atoms with Crippen molar-refractivity contribution in [1.29, 1.82) is 5.41 Å². The second-order valence-corrected chi connectivity index (χ2v) is 4.14. The van der Waals surface area contributed by atoms with Crippen LogP contribution in [0.3, 0.4) is 0 Å². The number of amidine groups is 1. The average Bonchev–Trinajstić information content (AvgIpc) is 2.35. The number of amides is 1. The van der Waals surface area contributed by atoms with E-state index < -0.39 is 0 Å². The Bertz CT molecular complexity index is 400. The lowest BCUT2D eigenvalue weighted by Gasteiger charge is -2.06. The standard InChI is InChI=1S/C13H20N4O/c14-9-3-1-2-4-12(18)17-11-7-5-10(6-8-11)13(15)16/h5-8H,1-4,9,14H2,(H3,15,16)(H,17,18). The predicted molar refractivity (Wildman–Crippen MR) is 73.6 cm³/mol. The molecule has 0 heterocycles. The van der Waals surface area contributed by atoms with Gasteiger partial charge >= 0.3 is 0 Å². The Hall–Kier alpha value is -1.88. The number of benzene rings is 1. The van der Waals surface area contributed by atoms with Crippen LogP contribution in [0.4, 0.5) is 5.69 Å². The maximum atomic E-state index is 11.6. The first kappa shape index (κ1) is 14.2. The Labute approximate surface area is 107 Å². The molecule has 0 aliphatic heterocycles. The van der Waals surface area contributed by atoms with Crippen molar-refractivity contribution in [2.24, 2.45) is 11.5 Å². The zero-order chi connectivity index (χ0) is 13.4. The van der Waals surface area contributed by atoms with E-state index in [9.17, 15) is 4.79 Å². The third-order valence-corrected chi connectivity index (χ3v) is 2.59. The topological polar surface area (TPSA) is 105 Å². The first-order valence-electron chi connectivity index (χ1n) is 6.08. The lowest BCUT2D eigenvalue weighted by Crippen LogP contribution is -2.13. The lowest BCUT2D eigenvalue weighted by atomic mass is 10.1. The van der Waals surface area contributed by atoms with Crippen LogP contribution in [0.5, 0.6) is 0 Å². The summed E-state index contributed by atoms with van der Waals surface area (Å²) in [4.78, 5) is 11.6. The Balaban J connectivity index is 2.37. The number of anilines is 1. The first-order chi connectivity index (χ1) is 8.63. The van der Waals surface area contributed by atoms with Gasteiger partial charge in [-0.2, -0.15) is 0 Å². The van der Waals surface area contributed by atoms with Gasteiger partial charge in [0.05, 0.1) is 0 Å². The summed E-state index contributed by atoms with van der Waals surface area (Å²) in [5.41, 5.74) is 12.1. The molecule has 0 unspecified atom stereocenters. The number of nitrogens with one attached hydrogen (secondary N) is 2. The number of rotatable bonds is 7. The zero-order valence-electron chi connectivity index (χ0n) is 10.4. The van der Waals surface area contributed by atoms with E-state index in [1.165, 1.54) is 0 Å². The molecule has 1 aromatic rings. The number of unbranched alkanes of at least 4 members (excludes halogenated alkanes) is 2. The van der Waals surface area contributed by atoms with Crippen molar-refractivity contribution in [3.8, 4) is 0 Å². The maximum absolute atomic E-state index is 11.6. The number of nitrogens with two attached hydrogens (primary N) is 2. The lowest BCUT2D eigenvalue weighted by molar-refractivity contribution is -0.116. The highest BCUT2D eigenvalue weighted by Gasteiger charge is 2.02. The number of hydrogen-bond donors (Lipinski definition) is 4. The van der Waals surface area contributed by atoms with Gasteiger partial charge in [0.15, 0.2) is 0 Å². The molecule has 0 aliphatic carbocycles. The molecular formula is C13H20N4O. The average molecular weight is 248 g/mol. The molecule has 6 N–H and O–H groups in total. The molecule has 0 fully saturated rings. The van der Waals surface area contributed by atoms with Crippen LogP contribution in [0.15, 0.2) is 24.3 Å². The zero-order valence-corrected chi connectivity index (χ0v) is 10.4. The van der Waals surface area contributed by atoms with E-state index >= 15 is 0 Å². The molecule has 0 aliphatic rings. The summed E-state index contributed by atoms with van der Waals surface area (Å²) >= 11 is 0. The van der Waals surface area contributed by atoms with Gasteiger partial charge in [0.25, 0.3) is 0 Å². The molecule has 0 spiro atoms. The smallest absolute Gasteiger partial charge is 0.224 e. The summed E-state index contributed by atoms with van der Waals surface area (Å²) in [7, 11) is 0. The second kappa shape index (κ2) is 7.45. The van der Waals surface area contributed by atoms with E-state index in [4.69, 9.17) is 16.9 Å². The molecular weight excluding hydrogens is 228 g/mol. The van der Waals surface area contributed by atoms with Gasteiger partial charge in [-0.25, -0.2) is 0 Å². The van der Waals surface area contributed by atoms with Crippen LogP contribution in [0, 0.1) is 5.41 Å². The molecule has 0 saturated carbocycles. The minimum atomic E-state index is 0.00240. The third-order valence-electron chi connectivity index (χ3n) is 2.59. The summed E-state index contributed by atoms with van der Waals surface area (Å²) in [6, 6.07) is 6.92. The van der Waals surface area contributed by atoms with Crippen LogP contribution < -0.4 is 16.8 Å². The fourth-order valence-electron chi connectivity index (χ4n) is 1.56. The van der Waals surface area contributed by atoms with Crippen molar-refractivity contribution in [2.45, 2.75) is 25.7 Å². The molecule has 18 heavy (non-hydrogen) atoms. The fraction of sp³-hybridized carbons (Fsp3) is 0.385. The van der Waals surface area contributed by atoms with Crippen LogP contribution in [0.2, 0.25) is 0 Å². The van der Waals surface area contributed by atoms with E-state index in [-0.39, 0.29) is 11.7 Å². The Morgan fingerprint density at radius 2 is 1.83 bits per heavy atom. The molecule has 5 heteroatoms. The van der Waals surface area contributed by atoms with Crippen molar-refractivity contribution in [3.63, 3.8) is 0 Å². The van der Waals surface area contributed by atoms with E-state index in [2.05, 4.69) is 5.32 Å². The van der Waals surface area contributed by atoms with Crippen LogP contribution in [0.25, 0.3) is 0 Å². The Morgan fingerprint density at radius 3 is 2.39 bits per heavy atom. The van der Waals surface area contributed by atoms with Crippen molar-refractivity contribution in [2.75, 3.05) is 11.9 Å². The predicted octanol–water partition coefficient (Wildman–Crippen LogP) is 1.43. The van der Waals surface area contributed by atoms with E-state index in [1.807, 2.05) is 0 Å². The molecule has 0 aromatic heterocycles. The summed E-state index contributed by atoms with van der Waals surface area (Å²) in [5, 5.41) is 10.1. The number of carbonyl (C=O) groups excluding carboxylic acids is 1. The van der Waals surface area contributed by atoms with Crippen LogP contribution in [-0.4, -0.2) is 18.3 Å². The van der Waals surface area contributed by atoms with Gasteiger partial charge in [0, 0.05) is 17.7 Å². The molecule has 0 atom stereocenters. The van der Waals surface area contributed by atoms with Gasteiger partial charge in [-0.1, -0.05) is 6.42 Å². The summed E-state index contributed by atoms with van der Waals surface area (Å²) < 4.78 is 0. The Morgan fingerprint density at radius 1 is 1.17 bits per heavy atom. The quantitative estimate of drug-likeness (QED) is 0.333. The minimum Gasteiger partial charge on any atom is -0.384 e. The van der Waals surface area contributed by atoms with Gasteiger partial charge in [-0.05, 0) is 43.7 Å². The van der Waals surface area contributed by atoms with Gasteiger partial charge < -0.3 is 16.8 Å². The molecule has 5 nitrogen and oxygen atoms in total. The molecule has 98 valence electrons. The minimum absolute atomic E-state index is 0.00240. The summed E-state index contributed by atoms with van der Waals surface area (Å²) in [5.74, 6) is 0.0252. The van der Waals surface area contributed by atoms with Crippen molar-refractivity contribution >= 4 is 17.4 Å². The Kier molecular flexibility index (Phi) is 5.87. The number of nitrogen functional groups attached to an aromatic ring is 1. The molecule has 1 rings (SSSR count). The highest BCUT2D eigenvalue weighted by Crippen LogP contribution is 2.10. The van der Waals surface area contributed by atoms with E-state index in [1.54, 1.807) is 24.3 Å². The first-order valence-corrected chi connectivity index (χ1v) is 6.08. The molecule has 0 saturated heterocycles. The number of carbonyl (C=O) groups is 1. The summed E-state index contributed by atoms with van der Waals surface area (Å²) in [6.07, 6.45) is 3.30. The van der Waals surface area contributed by atoms with Crippen LogP contribution >= 0.6 is 0 Å². The van der Waals surface area contributed by atoms with Crippen molar-refractivity contribution in [1.82, 2.24) is 0 Å². The van der Waals surface area contributed by atoms with Gasteiger partial charge in [0.2, 0.25) is 5.91 Å². The largest absolute Gasteiger partial charge is 0.384 e. The third kappa shape index (κ3) is 4.97. The molecule has 0 radical (unpaired) electrons. The van der Waals surface area contributed by atoms with E-state index in [0.717, 1.165) is 24.9 Å². The molecule has 0 bridgehead atoms. The van der Waals surface area contributed by atoms with Crippen LogP contribution in [0.1, 0.15) is 31.2 Å². The number of hydrogen-bond acceptors (Lipinski definition) is 3. The van der Waals surface area contributed by atoms with Gasteiger partial charge in [0.1, 0.15) is 5.84 Å². The fourth-order valence-corrected chi connectivity index (χ4v) is 1.56. The van der Waals surface area contributed by atoms with Gasteiger partial charge in [-0.3, -0.25) is 10.2 Å². The summed E-state index contributed by atoms with van der Waals surface area (Å²) in [6.45, 7) is 0.675. The monoisotopic (exact) mass is 248 g/mol. The van der Waals surface area contributed by atoms with Crippen molar-refractivity contribution < 1.29 is 4.79 Å². The van der Waals surface area contributed by atoms with Gasteiger partial charge in [-0.15, -0.1) is 0 Å². The van der Waals surface area contributed by atoms with E-state index in [0.29, 0.717) is 18.5 Å². The SMILES string of the molecule is N=C(N)c1ccc(NC(=O)CCCCCN)cc1. The normalized spacial score (nSPS) is 10.1. The molecule has 1 amide bonds. The maximum Gasteiger partial charge on any atom is 0.224 e. The highest BCUT2D eigenvalue weighted by molar-refractivity contribution is 5.96. The van der Waals surface area contributed by atoms with Crippen LogP contribution in [-0.2, 0) is 4.79 Å². The highest BCUT2D eigenvalue weighted by atomic mass is 16.1. The van der Waals surface area contributed by atoms with Crippen molar-refractivity contribution in [3.05, 3.63) is 29.8 Å². The molecule has 1 aromatic carbocycles. The second-order valence-electron chi connectivity index (χ2n) is 4.14.